The van der Waals surface area contributed by atoms with Crippen LogP contribution in [0.5, 0.6) is 0 Å². The first-order valence-corrected chi connectivity index (χ1v) is 9.82. The number of esters is 1. The topological polar surface area (TPSA) is 81.2 Å². The number of ether oxygens (including phenoxy) is 1. The van der Waals surface area contributed by atoms with Crippen LogP contribution >= 0.6 is 11.8 Å². The van der Waals surface area contributed by atoms with Crippen LogP contribution in [0.4, 0.5) is 0 Å². The molecule has 2 rings (SSSR count). The van der Waals surface area contributed by atoms with E-state index in [9.17, 15) is 9.59 Å². The van der Waals surface area contributed by atoms with Gasteiger partial charge < -0.3 is 10.1 Å². The average Bonchev–Trinajstić information content (AvgIpc) is 2.59. The fourth-order valence-corrected chi connectivity index (χ4v) is 3.32. The highest BCUT2D eigenvalue weighted by Crippen LogP contribution is 2.20. The number of rotatable bonds is 8. The van der Waals surface area contributed by atoms with Gasteiger partial charge >= 0.3 is 5.97 Å². The van der Waals surface area contributed by atoms with E-state index in [4.69, 9.17) is 4.74 Å². The minimum Gasteiger partial charge on any atom is -0.466 e. The summed E-state index contributed by atoms with van der Waals surface area (Å²) in [5.74, 6) is -0.347. The Morgan fingerprint density at radius 1 is 1.11 bits per heavy atom. The number of nitrogens with zero attached hydrogens (tertiary/aromatic N) is 2. The van der Waals surface area contributed by atoms with Crippen molar-refractivity contribution in [1.82, 2.24) is 15.3 Å². The number of thioether (sulfide) groups is 1. The van der Waals surface area contributed by atoms with E-state index in [2.05, 4.69) is 15.3 Å². The third kappa shape index (κ3) is 7.02. The van der Waals surface area contributed by atoms with Crippen molar-refractivity contribution < 1.29 is 14.3 Å². The van der Waals surface area contributed by atoms with Crippen molar-refractivity contribution in [2.75, 3.05) is 12.4 Å². The van der Waals surface area contributed by atoms with E-state index in [1.54, 1.807) is 6.92 Å². The molecule has 7 heteroatoms. The number of aryl methyl sites for hydroxylation is 3. The van der Waals surface area contributed by atoms with Crippen molar-refractivity contribution in [2.24, 2.45) is 0 Å². The lowest BCUT2D eigenvalue weighted by molar-refractivity contribution is -0.143. The van der Waals surface area contributed by atoms with Crippen molar-refractivity contribution in [3.05, 3.63) is 52.8 Å². The van der Waals surface area contributed by atoms with Gasteiger partial charge in [0, 0.05) is 11.4 Å². The standard InChI is InChI=1S/C20H25N3O3S/c1-5-26-19(25)11-17(16-8-6-13(2)7-9-16)23-18(24)12-27-20-21-14(3)10-15(4)22-20/h6-10,17H,5,11-12H2,1-4H3,(H,23,24)/t17-/m0/s1. The van der Waals surface area contributed by atoms with Gasteiger partial charge in [-0.2, -0.15) is 0 Å². The normalized spacial score (nSPS) is 11.7. The lowest BCUT2D eigenvalue weighted by Crippen LogP contribution is -2.32. The molecular weight excluding hydrogens is 362 g/mol. The summed E-state index contributed by atoms with van der Waals surface area (Å²) in [4.78, 5) is 33.0. The highest BCUT2D eigenvalue weighted by molar-refractivity contribution is 7.99. The van der Waals surface area contributed by atoms with Crippen molar-refractivity contribution >= 4 is 23.6 Å². The molecule has 144 valence electrons. The molecule has 0 aliphatic carbocycles. The average molecular weight is 388 g/mol. The number of hydrogen-bond acceptors (Lipinski definition) is 6. The van der Waals surface area contributed by atoms with Gasteiger partial charge in [-0.3, -0.25) is 9.59 Å². The Kier molecular flexibility index (Phi) is 7.79. The zero-order chi connectivity index (χ0) is 19.8. The van der Waals surface area contributed by atoms with E-state index in [0.29, 0.717) is 11.8 Å². The molecule has 0 saturated carbocycles. The number of benzene rings is 1. The van der Waals surface area contributed by atoms with Gasteiger partial charge in [-0.15, -0.1) is 0 Å². The van der Waals surface area contributed by atoms with Gasteiger partial charge in [0.25, 0.3) is 0 Å². The van der Waals surface area contributed by atoms with Crippen LogP contribution in [0, 0.1) is 20.8 Å². The van der Waals surface area contributed by atoms with Gasteiger partial charge in [0.2, 0.25) is 5.91 Å². The summed E-state index contributed by atoms with van der Waals surface area (Å²) in [5, 5.41) is 3.49. The zero-order valence-corrected chi connectivity index (χ0v) is 16.9. The Labute approximate surface area is 164 Å². The Bertz CT molecular complexity index is 773. The fraction of sp³-hybridized carbons (Fsp3) is 0.400. The quantitative estimate of drug-likeness (QED) is 0.425. The predicted molar refractivity (Wildman–Crippen MR) is 106 cm³/mol. The van der Waals surface area contributed by atoms with Crippen LogP contribution in [-0.2, 0) is 14.3 Å². The molecule has 0 spiro atoms. The second kappa shape index (κ2) is 10.1. The molecule has 6 nitrogen and oxygen atoms in total. The first kappa shape index (κ1) is 20.9. The number of aromatic nitrogens is 2. The molecule has 1 N–H and O–H groups in total. The Balaban J connectivity index is 2.03. The van der Waals surface area contributed by atoms with Crippen LogP contribution in [0.3, 0.4) is 0 Å². The minimum absolute atomic E-state index is 0.0906. The van der Waals surface area contributed by atoms with Crippen molar-refractivity contribution in [3.63, 3.8) is 0 Å². The molecule has 0 bridgehead atoms. The first-order chi connectivity index (χ1) is 12.9. The largest absolute Gasteiger partial charge is 0.466 e. The Morgan fingerprint density at radius 3 is 2.33 bits per heavy atom. The molecule has 0 fully saturated rings. The van der Waals surface area contributed by atoms with Crippen LogP contribution in [-0.4, -0.2) is 34.2 Å². The van der Waals surface area contributed by atoms with Crippen LogP contribution in [0.25, 0.3) is 0 Å². The molecule has 1 amide bonds. The van der Waals surface area contributed by atoms with E-state index >= 15 is 0 Å². The van der Waals surface area contributed by atoms with Crippen molar-refractivity contribution in [3.8, 4) is 0 Å². The van der Waals surface area contributed by atoms with E-state index in [0.717, 1.165) is 22.5 Å². The summed E-state index contributed by atoms with van der Waals surface area (Å²) < 4.78 is 5.04. The molecular formula is C20H25N3O3S. The lowest BCUT2D eigenvalue weighted by Gasteiger charge is -2.18. The van der Waals surface area contributed by atoms with Crippen LogP contribution in [0.15, 0.2) is 35.5 Å². The second-order valence-corrected chi connectivity index (χ2v) is 7.20. The number of carbonyl (C=O) groups excluding carboxylic acids is 2. The summed E-state index contributed by atoms with van der Waals surface area (Å²) in [7, 11) is 0. The molecule has 27 heavy (non-hydrogen) atoms. The Hall–Kier alpha value is -2.41. The summed E-state index contributed by atoms with van der Waals surface area (Å²) in [5.41, 5.74) is 3.72. The number of nitrogens with one attached hydrogen (secondary N) is 1. The molecule has 0 aliphatic rings. The van der Waals surface area contributed by atoms with Gasteiger partial charge in [-0.05, 0) is 39.3 Å². The van der Waals surface area contributed by atoms with Gasteiger partial charge in [-0.25, -0.2) is 9.97 Å². The fourth-order valence-electron chi connectivity index (χ4n) is 2.56. The van der Waals surface area contributed by atoms with Gasteiger partial charge in [0.15, 0.2) is 5.16 Å². The van der Waals surface area contributed by atoms with Crippen LogP contribution < -0.4 is 5.32 Å². The summed E-state index contributed by atoms with van der Waals surface area (Å²) in [6, 6.07) is 9.20. The molecule has 1 atom stereocenters. The smallest absolute Gasteiger partial charge is 0.308 e. The van der Waals surface area contributed by atoms with E-state index in [1.807, 2.05) is 51.1 Å². The van der Waals surface area contributed by atoms with E-state index < -0.39 is 6.04 Å². The monoisotopic (exact) mass is 387 g/mol. The predicted octanol–water partition coefficient (Wildman–Crippen LogP) is 3.30. The van der Waals surface area contributed by atoms with Gasteiger partial charge in [-0.1, -0.05) is 41.6 Å². The summed E-state index contributed by atoms with van der Waals surface area (Å²) in [6.07, 6.45) is 0.0906. The molecule has 0 aliphatic heterocycles. The molecule has 0 saturated heterocycles. The molecule has 1 aromatic carbocycles. The van der Waals surface area contributed by atoms with Crippen molar-refractivity contribution in [1.29, 1.82) is 0 Å². The third-order valence-corrected chi connectivity index (χ3v) is 4.63. The number of amides is 1. The first-order valence-electron chi connectivity index (χ1n) is 8.84. The maximum atomic E-state index is 12.4. The second-order valence-electron chi connectivity index (χ2n) is 6.26. The zero-order valence-electron chi connectivity index (χ0n) is 16.1. The van der Waals surface area contributed by atoms with Crippen LogP contribution in [0.2, 0.25) is 0 Å². The van der Waals surface area contributed by atoms with Gasteiger partial charge in [0.05, 0.1) is 24.8 Å². The SMILES string of the molecule is CCOC(=O)C[C@H](NC(=O)CSc1nc(C)cc(C)n1)c1ccc(C)cc1. The van der Waals surface area contributed by atoms with Crippen LogP contribution in [0.1, 0.15) is 41.9 Å². The lowest BCUT2D eigenvalue weighted by atomic mass is 10.0. The summed E-state index contributed by atoms with van der Waals surface area (Å²) >= 11 is 1.28. The van der Waals surface area contributed by atoms with E-state index in [1.165, 1.54) is 11.8 Å². The third-order valence-electron chi connectivity index (χ3n) is 3.79. The molecule has 2 aromatic rings. The maximum absolute atomic E-state index is 12.4. The Morgan fingerprint density at radius 2 is 1.74 bits per heavy atom. The molecule has 0 unspecified atom stereocenters. The summed E-state index contributed by atoms with van der Waals surface area (Å²) in [6.45, 7) is 7.85. The maximum Gasteiger partial charge on any atom is 0.308 e. The highest BCUT2D eigenvalue weighted by atomic mass is 32.2. The van der Waals surface area contributed by atoms with Gasteiger partial charge in [0.1, 0.15) is 0 Å². The minimum atomic E-state index is -0.432. The highest BCUT2D eigenvalue weighted by Gasteiger charge is 2.19. The molecule has 1 aromatic heterocycles. The van der Waals surface area contributed by atoms with Crippen molar-refractivity contribution in [2.45, 2.75) is 45.3 Å². The molecule has 1 heterocycles. The molecule has 0 radical (unpaired) electrons. The number of carbonyl (C=O) groups is 2. The number of hydrogen-bond donors (Lipinski definition) is 1. The van der Waals surface area contributed by atoms with E-state index in [-0.39, 0.29) is 24.1 Å².